The molecule has 0 atom stereocenters. The Morgan fingerprint density at radius 1 is 1.53 bits per heavy atom. The minimum atomic E-state index is 0.0142. The van der Waals surface area contributed by atoms with Crippen LogP contribution in [0.2, 0.25) is 0 Å². The van der Waals surface area contributed by atoms with Gasteiger partial charge in [0.1, 0.15) is 5.82 Å². The molecule has 1 aromatic heterocycles. The molecule has 0 aliphatic carbocycles. The number of aromatic nitrogens is 2. The molecule has 1 N–H and O–H groups in total. The average Bonchev–Trinajstić information content (AvgIpc) is 2.74. The van der Waals surface area contributed by atoms with Crippen LogP contribution in [0.15, 0.2) is 12.3 Å². The number of nitrogens with zero attached hydrogens (tertiary/aromatic N) is 2. The molecule has 0 saturated carbocycles. The second-order valence-electron chi connectivity index (χ2n) is 3.94. The molecule has 1 rings (SSSR count). The molecule has 5 nitrogen and oxygen atoms in total. The number of unbranched alkanes of at least 4 members (excludes halogenated alkanes) is 1. The van der Waals surface area contributed by atoms with Crippen LogP contribution in [0.4, 0.5) is 5.82 Å². The monoisotopic (exact) mass is 239 g/mol. The van der Waals surface area contributed by atoms with Crippen LogP contribution in [0, 0.1) is 0 Å². The van der Waals surface area contributed by atoms with Crippen molar-refractivity contribution in [2.45, 2.75) is 39.2 Å². The molecule has 1 heterocycles. The van der Waals surface area contributed by atoms with Gasteiger partial charge in [-0.25, -0.2) is 4.68 Å². The normalized spacial score (nSPS) is 10.5. The van der Waals surface area contributed by atoms with Gasteiger partial charge in [0.15, 0.2) is 0 Å². The zero-order chi connectivity index (χ0) is 12.5. The minimum absolute atomic E-state index is 0.0142. The van der Waals surface area contributed by atoms with Gasteiger partial charge in [-0.3, -0.25) is 4.79 Å². The van der Waals surface area contributed by atoms with E-state index >= 15 is 0 Å². The van der Waals surface area contributed by atoms with E-state index in [1.807, 2.05) is 10.7 Å². The number of anilines is 1. The van der Waals surface area contributed by atoms with Crippen LogP contribution < -0.4 is 5.32 Å². The summed E-state index contributed by atoms with van der Waals surface area (Å²) in [5.74, 6) is 0.793. The Labute approximate surface area is 102 Å². The highest BCUT2D eigenvalue weighted by Crippen LogP contribution is 2.08. The first-order valence-corrected chi connectivity index (χ1v) is 6.08. The number of aryl methyl sites for hydroxylation is 1. The Hall–Kier alpha value is -1.36. The van der Waals surface area contributed by atoms with E-state index in [9.17, 15) is 4.79 Å². The van der Waals surface area contributed by atoms with E-state index in [4.69, 9.17) is 4.74 Å². The largest absolute Gasteiger partial charge is 0.385 e. The van der Waals surface area contributed by atoms with Crippen LogP contribution in [0.1, 0.15) is 32.6 Å². The van der Waals surface area contributed by atoms with Crippen molar-refractivity contribution in [2.75, 3.05) is 19.0 Å². The number of amides is 1. The van der Waals surface area contributed by atoms with Crippen LogP contribution in [-0.4, -0.2) is 29.4 Å². The molecule has 0 unspecified atom stereocenters. The lowest BCUT2D eigenvalue weighted by atomic mass is 10.3. The van der Waals surface area contributed by atoms with Crippen molar-refractivity contribution in [1.29, 1.82) is 0 Å². The number of carbonyl (C=O) groups is 1. The number of ether oxygens (including phenoxy) is 1. The molecule has 1 aromatic rings. The predicted molar refractivity (Wildman–Crippen MR) is 66.9 cm³/mol. The number of hydrogen-bond donors (Lipinski definition) is 1. The number of hydrogen-bond acceptors (Lipinski definition) is 3. The molecule has 0 aliphatic heterocycles. The second-order valence-corrected chi connectivity index (χ2v) is 3.94. The van der Waals surface area contributed by atoms with Crippen molar-refractivity contribution in [2.24, 2.45) is 0 Å². The molecule has 0 radical (unpaired) electrons. The predicted octanol–water partition coefficient (Wildman–Crippen LogP) is 2.05. The molecule has 17 heavy (non-hydrogen) atoms. The number of rotatable bonds is 8. The third-order valence-corrected chi connectivity index (χ3v) is 2.46. The molecular weight excluding hydrogens is 218 g/mol. The molecule has 0 fully saturated rings. The van der Waals surface area contributed by atoms with E-state index in [0.717, 1.165) is 31.6 Å². The summed E-state index contributed by atoms with van der Waals surface area (Å²) in [5, 5.41) is 7.04. The smallest absolute Gasteiger partial charge is 0.225 e. The fraction of sp³-hybridized carbons (Fsp3) is 0.667. The first-order chi connectivity index (χ1) is 8.27. The van der Waals surface area contributed by atoms with E-state index in [-0.39, 0.29) is 5.91 Å². The summed E-state index contributed by atoms with van der Waals surface area (Å²) in [6, 6.07) is 1.82. The van der Waals surface area contributed by atoms with Gasteiger partial charge in [-0.05, 0) is 12.8 Å². The van der Waals surface area contributed by atoms with Gasteiger partial charge in [0.2, 0.25) is 5.91 Å². The molecule has 5 heteroatoms. The van der Waals surface area contributed by atoms with Gasteiger partial charge in [0.05, 0.1) is 6.20 Å². The number of nitrogens with one attached hydrogen (secondary N) is 1. The summed E-state index contributed by atoms with van der Waals surface area (Å²) in [6.07, 6.45) is 5.11. The SMILES string of the molecule is CCCCn1nccc1NC(=O)CCCOC. The molecule has 0 aromatic carbocycles. The van der Waals surface area contributed by atoms with Crippen LogP contribution in [0.3, 0.4) is 0 Å². The fourth-order valence-corrected chi connectivity index (χ4v) is 1.51. The lowest BCUT2D eigenvalue weighted by Gasteiger charge is -2.08. The molecule has 96 valence electrons. The minimum Gasteiger partial charge on any atom is -0.385 e. The summed E-state index contributed by atoms with van der Waals surface area (Å²) in [4.78, 5) is 11.6. The van der Waals surface area contributed by atoms with Crippen LogP contribution in [-0.2, 0) is 16.1 Å². The van der Waals surface area contributed by atoms with Gasteiger partial charge in [-0.15, -0.1) is 0 Å². The highest BCUT2D eigenvalue weighted by molar-refractivity contribution is 5.89. The van der Waals surface area contributed by atoms with Gasteiger partial charge in [0, 0.05) is 32.7 Å². The van der Waals surface area contributed by atoms with E-state index in [1.54, 1.807) is 13.3 Å². The van der Waals surface area contributed by atoms with Gasteiger partial charge < -0.3 is 10.1 Å². The lowest BCUT2D eigenvalue weighted by Crippen LogP contribution is -2.16. The fourth-order valence-electron chi connectivity index (χ4n) is 1.51. The van der Waals surface area contributed by atoms with E-state index in [1.165, 1.54) is 0 Å². The lowest BCUT2D eigenvalue weighted by molar-refractivity contribution is -0.116. The van der Waals surface area contributed by atoms with E-state index in [0.29, 0.717) is 13.0 Å². The quantitative estimate of drug-likeness (QED) is 0.706. The molecule has 0 spiro atoms. The van der Waals surface area contributed by atoms with Crippen molar-refractivity contribution in [3.63, 3.8) is 0 Å². The summed E-state index contributed by atoms with van der Waals surface area (Å²) < 4.78 is 6.74. The number of carbonyl (C=O) groups excluding carboxylic acids is 1. The Kier molecular flexibility index (Phi) is 6.32. The standard InChI is InChI=1S/C12H21N3O2/c1-3-4-9-15-11(7-8-13-15)14-12(16)6-5-10-17-2/h7-8H,3-6,9-10H2,1-2H3,(H,14,16). The van der Waals surface area contributed by atoms with Crippen molar-refractivity contribution in [1.82, 2.24) is 9.78 Å². The van der Waals surface area contributed by atoms with Crippen molar-refractivity contribution in [3.05, 3.63) is 12.3 Å². The maximum Gasteiger partial charge on any atom is 0.225 e. The third-order valence-electron chi connectivity index (χ3n) is 2.46. The van der Waals surface area contributed by atoms with Crippen molar-refractivity contribution < 1.29 is 9.53 Å². The highest BCUT2D eigenvalue weighted by atomic mass is 16.5. The summed E-state index contributed by atoms with van der Waals surface area (Å²) in [6.45, 7) is 3.59. The zero-order valence-corrected chi connectivity index (χ0v) is 10.6. The van der Waals surface area contributed by atoms with Crippen LogP contribution >= 0.6 is 0 Å². The first kappa shape index (κ1) is 13.7. The average molecular weight is 239 g/mol. The Bertz CT molecular complexity index is 336. The maximum absolute atomic E-state index is 11.6. The third kappa shape index (κ3) is 4.99. The Balaban J connectivity index is 2.39. The molecule has 0 bridgehead atoms. The van der Waals surface area contributed by atoms with E-state index < -0.39 is 0 Å². The Morgan fingerprint density at radius 2 is 2.35 bits per heavy atom. The van der Waals surface area contributed by atoms with E-state index in [2.05, 4.69) is 17.3 Å². The molecular formula is C12H21N3O2. The van der Waals surface area contributed by atoms with Gasteiger partial charge in [-0.1, -0.05) is 13.3 Å². The van der Waals surface area contributed by atoms with Crippen LogP contribution in [0.25, 0.3) is 0 Å². The van der Waals surface area contributed by atoms with Gasteiger partial charge in [-0.2, -0.15) is 5.10 Å². The number of methoxy groups -OCH3 is 1. The van der Waals surface area contributed by atoms with Gasteiger partial charge in [0.25, 0.3) is 0 Å². The zero-order valence-electron chi connectivity index (χ0n) is 10.6. The summed E-state index contributed by atoms with van der Waals surface area (Å²) in [7, 11) is 1.64. The first-order valence-electron chi connectivity index (χ1n) is 6.08. The topological polar surface area (TPSA) is 56.2 Å². The molecule has 0 aliphatic rings. The summed E-state index contributed by atoms with van der Waals surface area (Å²) >= 11 is 0. The van der Waals surface area contributed by atoms with Crippen molar-refractivity contribution >= 4 is 11.7 Å². The van der Waals surface area contributed by atoms with Crippen molar-refractivity contribution in [3.8, 4) is 0 Å². The second kappa shape index (κ2) is 7.84. The maximum atomic E-state index is 11.6. The molecule has 0 saturated heterocycles. The van der Waals surface area contributed by atoms with Crippen LogP contribution in [0.5, 0.6) is 0 Å². The Morgan fingerprint density at radius 3 is 3.06 bits per heavy atom. The van der Waals surface area contributed by atoms with Gasteiger partial charge >= 0.3 is 0 Å². The summed E-state index contributed by atoms with van der Waals surface area (Å²) in [5.41, 5.74) is 0. The highest BCUT2D eigenvalue weighted by Gasteiger charge is 2.06. The molecule has 1 amide bonds.